The predicted molar refractivity (Wildman–Crippen MR) is 62.0 cm³/mol. The molecule has 0 aromatic heterocycles. The quantitative estimate of drug-likeness (QED) is 0.430. The van der Waals surface area contributed by atoms with Gasteiger partial charge >= 0.3 is 7.60 Å². The molecule has 0 radical (unpaired) electrons. The van der Waals surface area contributed by atoms with Crippen molar-refractivity contribution in [3.63, 3.8) is 0 Å². The molecule has 102 valence electrons. The van der Waals surface area contributed by atoms with Crippen LogP contribution in [0.5, 0.6) is 0 Å². The summed E-state index contributed by atoms with van der Waals surface area (Å²) in [7, 11) is -7.63. The largest absolute Gasteiger partial charge is 0.347 e. The van der Waals surface area contributed by atoms with Gasteiger partial charge in [-0.05, 0) is 13.3 Å². The number of hydrogen-bond acceptors (Lipinski definition) is 5. The molecule has 0 saturated carbocycles. The van der Waals surface area contributed by atoms with Gasteiger partial charge in [-0.25, -0.2) is 8.42 Å². The van der Waals surface area contributed by atoms with Crippen molar-refractivity contribution in [2.24, 2.45) is 5.73 Å². The highest BCUT2D eigenvalue weighted by Gasteiger charge is 2.27. The zero-order valence-electron chi connectivity index (χ0n) is 9.53. The van der Waals surface area contributed by atoms with E-state index in [9.17, 15) is 17.8 Å². The fourth-order valence-corrected chi connectivity index (χ4v) is 1.85. The summed E-state index contributed by atoms with van der Waals surface area (Å²) < 4.78 is 32.4. The van der Waals surface area contributed by atoms with Crippen LogP contribution in [0.4, 0.5) is 0 Å². The first-order valence-electron chi connectivity index (χ1n) is 4.72. The van der Waals surface area contributed by atoms with Crippen molar-refractivity contribution < 1.29 is 27.6 Å². The van der Waals surface area contributed by atoms with E-state index >= 15 is 0 Å². The molecular formula is C7H17N2O6PS. The van der Waals surface area contributed by atoms with E-state index in [1.807, 2.05) is 5.32 Å². The molecule has 0 aliphatic rings. The Labute approximate surface area is 99.7 Å². The van der Waals surface area contributed by atoms with E-state index in [0.29, 0.717) is 0 Å². The number of nitrogens with one attached hydrogen (secondary N) is 1. The molecule has 0 spiro atoms. The van der Waals surface area contributed by atoms with Crippen molar-refractivity contribution in [3.8, 4) is 0 Å². The maximum absolute atomic E-state index is 11.3. The van der Waals surface area contributed by atoms with Gasteiger partial charge in [-0.2, -0.15) is 0 Å². The number of hydrogen-bond donors (Lipinski definition) is 4. The fraction of sp³-hybridized carbons (Fsp3) is 0.857. The first-order chi connectivity index (χ1) is 7.43. The van der Waals surface area contributed by atoms with Gasteiger partial charge in [-0.3, -0.25) is 9.36 Å². The molecule has 0 heterocycles. The monoisotopic (exact) mass is 288 g/mol. The summed E-state index contributed by atoms with van der Waals surface area (Å²) in [6.07, 6.45) is 0.911. The van der Waals surface area contributed by atoms with Crippen LogP contribution < -0.4 is 11.1 Å². The van der Waals surface area contributed by atoms with Gasteiger partial charge in [-0.1, -0.05) is 0 Å². The average molecular weight is 288 g/mol. The predicted octanol–water partition coefficient (Wildman–Crippen LogP) is -1.61. The molecule has 0 aliphatic heterocycles. The summed E-state index contributed by atoms with van der Waals surface area (Å²) in [6, 6.07) is -1.11. The first-order valence-corrected chi connectivity index (χ1v) is 8.46. The van der Waals surface area contributed by atoms with Gasteiger partial charge in [0, 0.05) is 6.26 Å². The van der Waals surface area contributed by atoms with E-state index in [4.69, 9.17) is 15.5 Å². The van der Waals surface area contributed by atoms with Gasteiger partial charge in [0.05, 0.1) is 11.8 Å². The average Bonchev–Trinajstić information content (AvgIpc) is 2.11. The van der Waals surface area contributed by atoms with Gasteiger partial charge in [0.25, 0.3) is 0 Å². The number of carbonyl (C=O) groups is 1. The topological polar surface area (TPSA) is 147 Å². The van der Waals surface area contributed by atoms with Gasteiger partial charge in [-0.15, -0.1) is 0 Å². The molecule has 0 bridgehead atoms. The summed E-state index contributed by atoms with van der Waals surface area (Å²) in [5.41, 5.74) is 5.39. The Balaban J connectivity index is 4.29. The number of nitrogens with two attached hydrogens (primary N) is 1. The van der Waals surface area contributed by atoms with E-state index < -0.39 is 35.2 Å². The van der Waals surface area contributed by atoms with Crippen LogP contribution in [0.3, 0.4) is 0 Å². The second-order valence-corrected chi connectivity index (χ2v) is 8.01. The second-order valence-electron chi connectivity index (χ2n) is 3.80. The van der Waals surface area contributed by atoms with E-state index in [2.05, 4.69) is 0 Å². The van der Waals surface area contributed by atoms with Crippen LogP contribution in [0.2, 0.25) is 0 Å². The lowest BCUT2D eigenvalue weighted by Gasteiger charge is -2.18. The van der Waals surface area contributed by atoms with E-state index in [1.54, 1.807) is 0 Å². The van der Waals surface area contributed by atoms with Crippen LogP contribution in [0, 0.1) is 0 Å². The first kappa shape index (κ1) is 16.5. The molecular weight excluding hydrogens is 271 g/mol. The molecule has 0 aliphatic carbocycles. The van der Waals surface area contributed by atoms with E-state index in [-0.39, 0.29) is 12.2 Å². The lowest BCUT2D eigenvalue weighted by molar-refractivity contribution is -0.122. The summed E-state index contributed by atoms with van der Waals surface area (Å²) in [6.45, 7) is 1.14. The molecule has 0 rings (SSSR count). The number of carbonyl (C=O) groups excluding carboxylic acids is 1. The third-order valence-corrected chi connectivity index (χ3v) is 4.11. The van der Waals surface area contributed by atoms with E-state index in [1.165, 1.54) is 0 Å². The molecule has 1 amide bonds. The molecule has 8 nitrogen and oxygen atoms in total. The summed E-state index contributed by atoms with van der Waals surface area (Å²) in [5.74, 6) is -2.39. The Bertz CT molecular complexity index is 416. The van der Waals surface area contributed by atoms with Gasteiger partial charge in [0.1, 0.15) is 15.6 Å². The van der Waals surface area contributed by atoms with Crippen molar-refractivity contribution >= 4 is 23.3 Å². The zero-order valence-corrected chi connectivity index (χ0v) is 11.2. The zero-order chi connectivity index (χ0) is 13.9. The van der Waals surface area contributed by atoms with Crippen LogP contribution >= 0.6 is 7.60 Å². The maximum atomic E-state index is 11.3. The minimum atomic E-state index is -4.41. The number of sulfone groups is 1. The van der Waals surface area contributed by atoms with Gasteiger partial charge < -0.3 is 20.8 Å². The molecule has 0 unspecified atom stereocenters. The molecule has 0 aromatic carbocycles. The molecule has 17 heavy (non-hydrogen) atoms. The van der Waals surface area contributed by atoms with Crippen LogP contribution in [0.1, 0.15) is 13.3 Å². The van der Waals surface area contributed by atoms with Crippen LogP contribution in [0.15, 0.2) is 0 Å². The molecule has 0 fully saturated rings. The van der Waals surface area contributed by atoms with Crippen LogP contribution in [-0.4, -0.2) is 47.9 Å². The minimum Gasteiger partial charge on any atom is -0.341 e. The smallest absolute Gasteiger partial charge is 0.341 e. The lowest BCUT2D eigenvalue weighted by Crippen LogP contribution is -2.45. The SMILES string of the molecule is C[C@@H](NC(=O)[C@@H](N)CCS(C)(=O)=O)P(=O)(O)O. The van der Waals surface area contributed by atoms with Crippen LogP contribution in [0.25, 0.3) is 0 Å². The maximum Gasteiger partial charge on any atom is 0.347 e. The van der Waals surface area contributed by atoms with Crippen molar-refractivity contribution in [2.45, 2.75) is 25.2 Å². The van der Waals surface area contributed by atoms with Crippen molar-refractivity contribution in [1.82, 2.24) is 5.32 Å². The highest BCUT2D eigenvalue weighted by atomic mass is 32.2. The minimum absolute atomic E-state index is 0.0987. The van der Waals surface area contributed by atoms with E-state index in [0.717, 1.165) is 13.2 Å². The standard InChI is InChI=1S/C7H17N2O6PS/c1-5(16(11,12)13)9-7(10)6(8)3-4-17(2,14)15/h5-6H,3-4,8H2,1-2H3,(H,9,10)(H2,11,12,13)/t5-,6-/m0/s1. The molecule has 10 heteroatoms. The Morgan fingerprint density at radius 2 is 1.94 bits per heavy atom. The summed E-state index contributed by atoms with van der Waals surface area (Å²) in [4.78, 5) is 28.8. The van der Waals surface area contributed by atoms with Crippen molar-refractivity contribution in [3.05, 3.63) is 0 Å². The third kappa shape index (κ3) is 7.45. The second kappa shape index (κ2) is 5.92. The van der Waals surface area contributed by atoms with Gasteiger partial charge in [0.2, 0.25) is 5.91 Å². The molecule has 0 aromatic rings. The molecule has 5 N–H and O–H groups in total. The highest BCUT2D eigenvalue weighted by Crippen LogP contribution is 2.39. The van der Waals surface area contributed by atoms with Crippen molar-refractivity contribution in [2.75, 3.05) is 12.0 Å². The van der Waals surface area contributed by atoms with Crippen LogP contribution in [-0.2, 0) is 19.2 Å². The fourth-order valence-electron chi connectivity index (χ4n) is 0.869. The Morgan fingerprint density at radius 1 is 1.47 bits per heavy atom. The number of rotatable bonds is 6. The third-order valence-electron chi connectivity index (χ3n) is 1.99. The highest BCUT2D eigenvalue weighted by molar-refractivity contribution is 7.90. The molecule has 0 saturated heterocycles. The Morgan fingerprint density at radius 3 is 2.29 bits per heavy atom. The van der Waals surface area contributed by atoms with Gasteiger partial charge in [0.15, 0.2) is 0 Å². The molecule has 2 atom stereocenters. The summed E-state index contributed by atoms with van der Waals surface area (Å²) >= 11 is 0. The Hall–Kier alpha value is -0.470. The lowest BCUT2D eigenvalue weighted by atomic mass is 10.2. The number of amides is 1. The Kier molecular flexibility index (Phi) is 5.76. The normalized spacial score (nSPS) is 16.3. The van der Waals surface area contributed by atoms with Crippen molar-refractivity contribution in [1.29, 1.82) is 0 Å². The summed E-state index contributed by atoms with van der Waals surface area (Å²) in [5, 5.41) is 2.03.